The first kappa shape index (κ1) is 17.1. The van der Waals surface area contributed by atoms with Crippen molar-refractivity contribution >= 4 is 36.7 Å². The van der Waals surface area contributed by atoms with Gasteiger partial charge in [-0.1, -0.05) is 0 Å². The molecule has 0 fully saturated rings. The van der Waals surface area contributed by atoms with E-state index in [4.69, 9.17) is 0 Å². The molecule has 0 nitrogen and oxygen atoms in total. The van der Waals surface area contributed by atoms with Crippen LogP contribution in [0.15, 0.2) is 102 Å². The van der Waals surface area contributed by atoms with Crippen LogP contribution in [0.3, 0.4) is 0 Å². The van der Waals surface area contributed by atoms with E-state index in [9.17, 15) is 0 Å². The van der Waals surface area contributed by atoms with Gasteiger partial charge >= 0.3 is 153 Å². The summed E-state index contributed by atoms with van der Waals surface area (Å²) in [6.07, 6.45) is 0. The molecule has 0 aromatic heterocycles. The van der Waals surface area contributed by atoms with E-state index in [1.165, 1.54) is 21.5 Å². The summed E-state index contributed by atoms with van der Waals surface area (Å²) in [4.78, 5) is 0. The van der Waals surface area contributed by atoms with Crippen LogP contribution in [0.4, 0.5) is 0 Å². The Kier molecular flexibility index (Phi) is 4.76. The van der Waals surface area contributed by atoms with Gasteiger partial charge in [0.1, 0.15) is 0 Å². The van der Waals surface area contributed by atoms with Crippen LogP contribution in [0.2, 0.25) is 0 Å². The molecule has 24 heavy (non-hydrogen) atoms. The molecule has 0 amide bonds. The molecule has 3 rings (SSSR count). The third-order valence-electron chi connectivity index (χ3n) is 4.28. The van der Waals surface area contributed by atoms with Crippen molar-refractivity contribution in [2.45, 2.75) is 13.8 Å². The molecule has 0 spiro atoms. The molecular weight excluding hydrogens is 375 g/mol. The summed E-state index contributed by atoms with van der Waals surface area (Å²) in [5, 5.41) is 1.12. The van der Waals surface area contributed by atoms with Crippen LogP contribution in [0, 0.1) is 0 Å². The van der Waals surface area contributed by atoms with Gasteiger partial charge in [-0.3, -0.25) is 0 Å². The Hall–Kier alpha value is -1.69. The topological polar surface area (TPSA) is 0 Å². The van der Waals surface area contributed by atoms with Crippen LogP contribution in [-0.4, -0.2) is 0 Å². The Morgan fingerprint density at radius 3 is 1.17 bits per heavy atom. The predicted octanol–water partition coefficient (Wildman–Crippen LogP) is 5.75. The SMILES string of the molecule is CC(C)=CP(Br)(c1ccccc1)(c1ccccc1)c1ccccc1. The Bertz CT molecular complexity index is 735. The molecule has 3 aromatic rings. The monoisotopic (exact) mass is 396 g/mol. The molecule has 0 bridgehead atoms. The van der Waals surface area contributed by atoms with Gasteiger partial charge in [0.15, 0.2) is 0 Å². The van der Waals surface area contributed by atoms with Crippen molar-refractivity contribution in [2.24, 2.45) is 0 Å². The Morgan fingerprint density at radius 2 is 0.917 bits per heavy atom. The quantitative estimate of drug-likeness (QED) is 0.492. The van der Waals surface area contributed by atoms with Crippen molar-refractivity contribution in [1.29, 1.82) is 0 Å². The minimum atomic E-state index is -2.85. The maximum atomic E-state index is 4.37. The first-order chi connectivity index (χ1) is 11.6. The second-order valence-electron chi connectivity index (χ2n) is 6.29. The molecule has 0 aliphatic carbocycles. The van der Waals surface area contributed by atoms with Crippen LogP contribution in [0.25, 0.3) is 0 Å². The van der Waals surface area contributed by atoms with E-state index in [1.54, 1.807) is 0 Å². The zero-order chi connectivity index (χ0) is 17.1. The van der Waals surface area contributed by atoms with E-state index in [-0.39, 0.29) is 0 Å². The fraction of sp³-hybridized carbons (Fsp3) is 0.0909. The molecule has 3 aromatic carbocycles. The van der Waals surface area contributed by atoms with E-state index in [1.807, 2.05) is 0 Å². The predicted molar refractivity (Wildman–Crippen MR) is 114 cm³/mol. The number of halogens is 1. The second-order valence-corrected chi connectivity index (χ2v) is 14.7. The average molecular weight is 397 g/mol. The van der Waals surface area contributed by atoms with E-state index in [0.717, 1.165) is 0 Å². The summed E-state index contributed by atoms with van der Waals surface area (Å²) in [6, 6.07) is 32.5. The van der Waals surface area contributed by atoms with Crippen LogP contribution >= 0.6 is 20.8 Å². The van der Waals surface area contributed by atoms with E-state index in [2.05, 4.69) is 126 Å². The van der Waals surface area contributed by atoms with Crippen molar-refractivity contribution in [3.8, 4) is 0 Å². The number of hydrogen-bond donors (Lipinski definition) is 0. The summed E-state index contributed by atoms with van der Waals surface area (Å²) >= 11 is 4.37. The molecule has 0 saturated carbocycles. The zero-order valence-corrected chi connectivity index (χ0v) is 16.5. The molecule has 0 radical (unpaired) electrons. The van der Waals surface area contributed by atoms with Crippen LogP contribution < -0.4 is 15.9 Å². The summed E-state index contributed by atoms with van der Waals surface area (Å²) in [6.45, 7) is 4.36. The van der Waals surface area contributed by atoms with E-state index >= 15 is 0 Å². The van der Waals surface area contributed by atoms with Crippen LogP contribution in [0.1, 0.15) is 13.8 Å². The van der Waals surface area contributed by atoms with Crippen LogP contribution in [-0.2, 0) is 0 Å². The van der Waals surface area contributed by atoms with Gasteiger partial charge in [0.25, 0.3) is 0 Å². The van der Waals surface area contributed by atoms with Crippen molar-refractivity contribution in [1.82, 2.24) is 0 Å². The Balaban J connectivity index is 2.50. The summed E-state index contributed by atoms with van der Waals surface area (Å²) < 4.78 is 0. The maximum absolute atomic E-state index is 4.37. The molecule has 0 aliphatic rings. The van der Waals surface area contributed by atoms with Gasteiger partial charge in [-0.2, -0.15) is 0 Å². The number of rotatable bonds is 4. The Labute approximate surface area is 152 Å². The molecule has 0 heterocycles. The van der Waals surface area contributed by atoms with Gasteiger partial charge in [0.2, 0.25) is 0 Å². The molecule has 0 unspecified atom stereocenters. The van der Waals surface area contributed by atoms with E-state index in [0.29, 0.717) is 0 Å². The normalized spacial score (nSPS) is 12.9. The van der Waals surface area contributed by atoms with Crippen LogP contribution in [0.5, 0.6) is 0 Å². The van der Waals surface area contributed by atoms with Gasteiger partial charge in [0, 0.05) is 0 Å². The molecule has 2 heteroatoms. The third-order valence-corrected chi connectivity index (χ3v) is 13.5. The van der Waals surface area contributed by atoms with Crippen molar-refractivity contribution in [3.63, 3.8) is 0 Å². The van der Waals surface area contributed by atoms with E-state index < -0.39 is 5.31 Å². The minimum absolute atomic E-state index is 1.31. The first-order valence-corrected chi connectivity index (χ1v) is 12.4. The Morgan fingerprint density at radius 1 is 0.625 bits per heavy atom. The van der Waals surface area contributed by atoms with Crippen molar-refractivity contribution < 1.29 is 0 Å². The molecular formula is C22H22BrP. The van der Waals surface area contributed by atoms with Crippen molar-refractivity contribution in [3.05, 3.63) is 102 Å². The number of allylic oxidation sites excluding steroid dienone is 1. The van der Waals surface area contributed by atoms with Gasteiger partial charge < -0.3 is 0 Å². The summed E-state index contributed by atoms with van der Waals surface area (Å²) in [7, 11) is 0. The summed E-state index contributed by atoms with van der Waals surface area (Å²) in [5.74, 6) is 2.45. The molecule has 0 aliphatic heterocycles. The molecule has 0 saturated heterocycles. The fourth-order valence-electron chi connectivity index (χ4n) is 3.31. The van der Waals surface area contributed by atoms with Gasteiger partial charge in [-0.25, -0.2) is 0 Å². The first-order valence-electron chi connectivity index (χ1n) is 8.12. The standard InChI is InChI=1S/C22H22BrP/c1-19(2)18-24(23,20-12-6-3-7-13-20,21-14-8-4-9-15-21)22-16-10-5-11-17-22/h3-18H,1-2H3. The fourth-order valence-corrected chi connectivity index (χ4v) is 11.2. The summed E-state index contributed by atoms with van der Waals surface area (Å²) in [5.41, 5.74) is 1.31. The molecule has 0 N–H and O–H groups in total. The van der Waals surface area contributed by atoms with Crippen molar-refractivity contribution in [2.75, 3.05) is 0 Å². The molecule has 0 atom stereocenters. The average Bonchev–Trinajstić information content (AvgIpc) is 2.63. The zero-order valence-electron chi connectivity index (χ0n) is 14.1. The number of hydrogen-bond acceptors (Lipinski definition) is 0. The molecule has 122 valence electrons. The number of benzene rings is 3. The third kappa shape index (κ3) is 2.77. The van der Waals surface area contributed by atoms with Gasteiger partial charge in [-0.05, 0) is 0 Å². The van der Waals surface area contributed by atoms with Gasteiger partial charge in [-0.15, -0.1) is 0 Å². The van der Waals surface area contributed by atoms with Gasteiger partial charge in [0.05, 0.1) is 0 Å². The second kappa shape index (κ2) is 6.67.